The van der Waals surface area contributed by atoms with E-state index in [0.29, 0.717) is 35.9 Å². The average Bonchev–Trinajstić information content (AvgIpc) is 3.44. The topological polar surface area (TPSA) is 111 Å². The fourth-order valence-electron chi connectivity index (χ4n) is 10.8. The van der Waals surface area contributed by atoms with Crippen LogP contribution in [0, 0.1) is 58.2 Å². The Labute approximate surface area is 276 Å². The van der Waals surface area contributed by atoms with Gasteiger partial charge in [0.2, 0.25) is 0 Å². The Morgan fingerprint density at radius 2 is 1.78 bits per heavy atom. The first kappa shape index (κ1) is 34.8. The van der Waals surface area contributed by atoms with Crippen LogP contribution in [0.4, 0.5) is 0 Å². The van der Waals surface area contributed by atoms with E-state index in [2.05, 4.69) is 49.4 Å². The molecule has 8 heteroatoms. The van der Waals surface area contributed by atoms with E-state index in [1.165, 1.54) is 18.4 Å². The molecule has 0 spiro atoms. The highest BCUT2D eigenvalue weighted by Gasteiger charge is 2.63. The predicted molar refractivity (Wildman–Crippen MR) is 178 cm³/mol. The Hall–Kier alpha value is -2.51. The Balaban J connectivity index is 1.38. The summed E-state index contributed by atoms with van der Waals surface area (Å²) in [4.78, 5) is 38.0. The number of allylic oxidation sites excluding steroid dienone is 2. The third-order valence-corrected chi connectivity index (χ3v) is 13.7. The largest absolute Gasteiger partial charge is 0.481 e. The van der Waals surface area contributed by atoms with Gasteiger partial charge in [-0.3, -0.25) is 14.4 Å². The lowest BCUT2D eigenvalue weighted by Crippen LogP contribution is -2.57. The number of Topliss-reactive ketones (excluding diaryl/α,β-unsaturated/α-hetero) is 1. The number of aryl methyl sites for hydroxylation is 1. The number of hydrogen-bond acceptors (Lipinski definition) is 6. The smallest absolute Gasteiger partial charge is 0.309 e. The number of ketones is 1. The Morgan fingerprint density at radius 1 is 1.09 bits per heavy atom. The van der Waals surface area contributed by atoms with Crippen molar-refractivity contribution < 1.29 is 24.2 Å². The normalized spacial score (nSPS) is 35.1. The third kappa shape index (κ3) is 5.78. The van der Waals surface area contributed by atoms with Gasteiger partial charge in [-0.1, -0.05) is 40.2 Å². The van der Waals surface area contributed by atoms with E-state index in [0.717, 1.165) is 62.2 Å². The number of hydrogen-bond donors (Lipinski definition) is 1. The molecule has 256 valence electrons. The van der Waals surface area contributed by atoms with Gasteiger partial charge >= 0.3 is 11.9 Å². The summed E-state index contributed by atoms with van der Waals surface area (Å²) < 4.78 is 7.87. The molecule has 5 rings (SSSR count). The monoisotopic (exact) mass is 637 g/mol. The van der Waals surface area contributed by atoms with Gasteiger partial charge in [-0.25, -0.2) is 0 Å². The fourth-order valence-corrected chi connectivity index (χ4v) is 10.8. The fraction of sp³-hybridized carbons (Fsp3) is 0.816. The molecular formula is C38H59N3O5. The van der Waals surface area contributed by atoms with E-state index in [1.54, 1.807) is 13.8 Å². The van der Waals surface area contributed by atoms with Crippen LogP contribution in [0.15, 0.2) is 11.1 Å². The molecule has 0 bridgehead atoms. The standard InChI is InChI=1S/C38H59N3O5/c1-22(2)32-28(42)19-38(20-30-40-39-25(5)41(30)10)18-15-27-26(33(32)38)11-12-29-36(8,23(3)13-16-37(27,29)9)17-14-24(4)46-31(43)21-35(6,7)34(44)45/h22-24,26-27,29H,11-21H2,1-10H3,(H,44,45). The SMILES string of the molecule is Cc1nnc(CC23CCC4C(CCC5C(C)(CCC(C)OC(=O)CC(C)(C)C(=O)O)C(C)CCC45C)C2=C(C(C)C)C(=O)C3)n1C. The lowest BCUT2D eigenvalue weighted by Gasteiger charge is -2.65. The molecule has 0 amide bonds. The van der Waals surface area contributed by atoms with Crippen molar-refractivity contribution in [1.29, 1.82) is 0 Å². The van der Waals surface area contributed by atoms with Gasteiger partial charge in [0.25, 0.3) is 0 Å². The number of carboxylic acid groups (broad SMARTS) is 1. The van der Waals surface area contributed by atoms with Gasteiger partial charge in [-0.2, -0.15) is 0 Å². The highest BCUT2D eigenvalue weighted by Crippen LogP contribution is 2.70. The van der Waals surface area contributed by atoms with E-state index in [-0.39, 0.29) is 34.7 Å². The zero-order valence-electron chi connectivity index (χ0n) is 30.2. The van der Waals surface area contributed by atoms with Gasteiger partial charge in [0.15, 0.2) is 5.78 Å². The number of fused-ring (bicyclic) bond motifs is 5. The first-order chi connectivity index (χ1) is 21.4. The lowest BCUT2D eigenvalue weighted by molar-refractivity contribution is -0.160. The van der Waals surface area contributed by atoms with Gasteiger partial charge in [-0.15, -0.1) is 10.2 Å². The van der Waals surface area contributed by atoms with Gasteiger partial charge in [0.05, 0.1) is 17.9 Å². The molecule has 8 atom stereocenters. The molecular weight excluding hydrogens is 578 g/mol. The van der Waals surface area contributed by atoms with Crippen LogP contribution in [0.25, 0.3) is 0 Å². The third-order valence-electron chi connectivity index (χ3n) is 13.7. The van der Waals surface area contributed by atoms with Crippen molar-refractivity contribution in [3.63, 3.8) is 0 Å². The zero-order valence-corrected chi connectivity index (χ0v) is 30.2. The van der Waals surface area contributed by atoms with Crippen molar-refractivity contribution in [1.82, 2.24) is 14.8 Å². The van der Waals surface area contributed by atoms with E-state index in [1.807, 2.05) is 20.9 Å². The van der Waals surface area contributed by atoms with Crippen LogP contribution in [-0.2, 0) is 32.6 Å². The number of rotatable bonds is 10. The van der Waals surface area contributed by atoms with Crippen molar-refractivity contribution in [2.24, 2.45) is 58.3 Å². The van der Waals surface area contributed by atoms with Gasteiger partial charge in [0, 0.05) is 25.3 Å². The summed E-state index contributed by atoms with van der Waals surface area (Å²) in [7, 11) is 2.05. The quantitative estimate of drug-likeness (QED) is 0.262. The molecule has 1 N–H and O–H groups in total. The summed E-state index contributed by atoms with van der Waals surface area (Å²) in [5.74, 6) is 3.17. The van der Waals surface area contributed by atoms with Crippen molar-refractivity contribution in [3.8, 4) is 0 Å². The van der Waals surface area contributed by atoms with E-state index < -0.39 is 17.4 Å². The number of esters is 1. The number of ether oxygens (including phenoxy) is 1. The molecule has 0 aromatic carbocycles. The number of nitrogens with zero attached hydrogens (tertiary/aromatic N) is 3. The van der Waals surface area contributed by atoms with Crippen LogP contribution in [0.1, 0.15) is 131 Å². The first-order valence-corrected chi connectivity index (χ1v) is 17.9. The molecule has 0 aliphatic heterocycles. The molecule has 3 saturated carbocycles. The van der Waals surface area contributed by atoms with Crippen LogP contribution in [0.2, 0.25) is 0 Å². The van der Waals surface area contributed by atoms with Crippen LogP contribution < -0.4 is 0 Å². The molecule has 0 radical (unpaired) electrons. The molecule has 3 fully saturated rings. The Morgan fingerprint density at radius 3 is 2.39 bits per heavy atom. The first-order valence-electron chi connectivity index (χ1n) is 17.9. The predicted octanol–water partition coefficient (Wildman–Crippen LogP) is 7.67. The van der Waals surface area contributed by atoms with Crippen molar-refractivity contribution in [2.75, 3.05) is 0 Å². The van der Waals surface area contributed by atoms with Crippen LogP contribution in [-0.4, -0.2) is 43.7 Å². The second kappa shape index (κ2) is 12.2. The number of carbonyl (C=O) groups excluding carboxylic acids is 2. The van der Waals surface area contributed by atoms with Crippen LogP contribution >= 0.6 is 0 Å². The molecule has 0 saturated heterocycles. The maximum absolute atomic E-state index is 13.8. The van der Waals surface area contributed by atoms with Gasteiger partial charge in [0.1, 0.15) is 11.6 Å². The molecule has 8 nitrogen and oxygen atoms in total. The Bertz CT molecular complexity index is 1410. The van der Waals surface area contributed by atoms with Crippen LogP contribution in [0.3, 0.4) is 0 Å². The molecule has 46 heavy (non-hydrogen) atoms. The molecule has 4 aliphatic carbocycles. The molecule has 1 aromatic heterocycles. The number of carbonyl (C=O) groups is 3. The second-order valence-corrected chi connectivity index (χ2v) is 17.3. The summed E-state index contributed by atoms with van der Waals surface area (Å²) in [5, 5.41) is 18.4. The van der Waals surface area contributed by atoms with E-state index >= 15 is 0 Å². The summed E-state index contributed by atoms with van der Waals surface area (Å²) in [5.41, 5.74) is 1.61. The second-order valence-electron chi connectivity index (χ2n) is 17.3. The van der Waals surface area contributed by atoms with E-state index in [9.17, 15) is 19.5 Å². The highest BCUT2D eigenvalue weighted by atomic mass is 16.5. The molecule has 4 aliphatic rings. The minimum absolute atomic E-state index is 0.115. The van der Waals surface area contributed by atoms with Crippen molar-refractivity contribution in [2.45, 2.75) is 139 Å². The lowest BCUT2D eigenvalue weighted by atomic mass is 9.40. The van der Waals surface area contributed by atoms with Gasteiger partial charge in [-0.05, 0) is 125 Å². The molecule has 1 aromatic rings. The van der Waals surface area contributed by atoms with Gasteiger partial charge < -0.3 is 14.4 Å². The van der Waals surface area contributed by atoms with Crippen LogP contribution in [0.5, 0.6) is 0 Å². The van der Waals surface area contributed by atoms with E-state index in [4.69, 9.17) is 4.74 Å². The Kier molecular flexibility index (Phi) is 9.22. The summed E-state index contributed by atoms with van der Waals surface area (Å²) in [6.07, 6.45) is 9.65. The minimum atomic E-state index is -1.14. The highest BCUT2D eigenvalue weighted by molar-refractivity contribution is 6.00. The average molecular weight is 638 g/mol. The van der Waals surface area contributed by atoms with Crippen molar-refractivity contribution >= 4 is 17.7 Å². The summed E-state index contributed by atoms with van der Waals surface area (Å²) in [6, 6.07) is 0. The minimum Gasteiger partial charge on any atom is -0.481 e. The summed E-state index contributed by atoms with van der Waals surface area (Å²) in [6.45, 7) is 19.0. The maximum atomic E-state index is 13.8. The van der Waals surface area contributed by atoms with Crippen molar-refractivity contribution in [3.05, 3.63) is 22.8 Å². The number of carboxylic acids is 1. The summed E-state index contributed by atoms with van der Waals surface area (Å²) >= 11 is 0. The molecule has 1 heterocycles. The molecule has 8 unspecified atom stereocenters. The zero-order chi connectivity index (χ0) is 34.0. The number of aromatic nitrogens is 3. The maximum Gasteiger partial charge on any atom is 0.309 e. The number of aliphatic carboxylic acids is 1.